The topological polar surface area (TPSA) is 104 Å². The fraction of sp³-hybridized carbons (Fsp3) is 0.103. The molecule has 5 aromatic heterocycles. The van der Waals surface area contributed by atoms with E-state index in [1.54, 1.807) is 10.7 Å². The molecule has 1 aliphatic carbocycles. The van der Waals surface area contributed by atoms with E-state index in [-0.39, 0.29) is 5.54 Å². The van der Waals surface area contributed by atoms with E-state index in [9.17, 15) is 0 Å². The van der Waals surface area contributed by atoms with Crippen LogP contribution in [0.4, 0.5) is 0 Å². The quantitative estimate of drug-likeness (QED) is 0.371. The second kappa shape index (κ2) is 7.74. The van der Waals surface area contributed by atoms with E-state index in [4.69, 9.17) is 15.8 Å². The van der Waals surface area contributed by atoms with Gasteiger partial charge in [0.2, 0.25) is 0 Å². The standard InChI is InChI=1S/C29H22N9/c30-29(12-13-29)21-7-9-22(10-8-21)38-27-23-17-20(19-5-2-1-3-6-19)18-32-24(23)11-16-36(27)26(35-38)25-33-28-31-14-4-15-37(28)34-25/h1-11,14-18H,12-13,30H2/q+1. The Hall–Kier alpha value is -5.02. The fourth-order valence-electron chi connectivity index (χ4n) is 5.02. The lowest BCUT2D eigenvalue weighted by Gasteiger charge is -2.08. The fourth-order valence-corrected chi connectivity index (χ4v) is 5.02. The van der Waals surface area contributed by atoms with Gasteiger partial charge in [0.15, 0.2) is 0 Å². The summed E-state index contributed by atoms with van der Waals surface area (Å²) in [5, 5.41) is 10.7. The molecule has 0 amide bonds. The van der Waals surface area contributed by atoms with Gasteiger partial charge in [-0.15, -0.1) is 5.10 Å². The third kappa shape index (κ3) is 3.22. The second-order valence-corrected chi connectivity index (χ2v) is 9.77. The SMILES string of the molecule is NC1(c2ccc(-n3nc(-c4nc5ncccn5n4)[n+]4ccc5ncc(-c6ccccc6)cc5c34)cc2)CC1. The van der Waals surface area contributed by atoms with Crippen molar-refractivity contribution in [1.82, 2.24) is 34.3 Å². The molecule has 0 atom stereocenters. The predicted octanol–water partition coefficient (Wildman–Crippen LogP) is 3.88. The lowest BCUT2D eigenvalue weighted by atomic mass is 10.1. The van der Waals surface area contributed by atoms with Crippen LogP contribution in [0.2, 0.25) is 0 Å². The zero-order valence-corrected chi connectivity index (χ0v) is 20.3. The first-order chi connectivity index (χ1) is 18.7. The van der Waals surface area contributed by atoms with Crippen molar-refractivity contribution in [1.29, 1.82) is 0 Å². The number of pyridine rings is 2. The molecule has 0 unspecified atom stereocenters. The van der Waals surface area contributed by atoms with Crippen LogP contribution < -0.4 is 10.1 Å². The number of benzene rings is 2. The molecule has 182 valence electrons. The van der Waals surface area contributed by atoms with Gasteiger partial charge < -0.3 is 5.73 Å². The smallest absolute Gasteiger partial charge is 0.321 e. The van der Waals surface area contributed by atoms with Crippen molar-refractivity contribution in [3.8, 4) is 28.5 Å². The van der Waals surface area contributed by atoms with Crippen molar-refractivity contribution in [3.63, 3.8) is 0 Å². The van der Waals surface area contributed by atoms with Crippen LogP contribution in [0.5, 0.6) is 0 Å². The van der Waals surface area contributed by atoms with Crippen molar-refractivity contribution in [2.24, 2.45) is 5.73 Å². The van der Waals surface area contributed by atoms with Crippen LogP contribution in [0.25, 0.3) is 50.8 Å². The number of nitrogens with zero attached hydrogens (tertiary/aromatic N) is 8. The molecule has 38 heavy (non-hydrogen) atoms. The highest BCUT2D eigenvalue weighted by Gasteiger charge is 2.40. The van der Waals surface area contributed by atoms with Gasteiger partial charge in [0, 0.05) is 29.7 Å². The average Bonchev–Trinajstić information content (AvgIpc) is 3.40. The average molecular weight is 497 g/mol. The lowest BCUT2D eigenvalue weighted by Crippen LogP contribution is -2.23. The maximum Gasteiger partial charge on any atom is 0.353 e. The van der Waals surface area contributed by atoms with Gasteiger partial charge in [-0.2, -0.15) is 9.38 Å². The number of nitrogens with two attached hydrogens (primary N) is 1. The van der Waals surface area contributed by atoms with Gasteiger partial charge in [-0.1, -0.05) is 47.1 Å². The molecule has 8 rings (SSSR count). The zero-order chi connectivity index (χ0) is 25.3. The summed E-state index contributed by atoms with van der Waals surface area (Å²) in [6, 6.07) is 24.6. The Balaban J connectivity index is 1.40. The van der Waals surface area contributed by atoms with E-state index in [1.165, 1.54) is 0 Å². The summed E-state index contributed by atoms with van der Waals surface area (Å²) in [7, 11) is 0. The number of hydrogen-bond donors (Lipinski definition) is 1. The summed E-state index contributed by atoms with van der Waals surface area (Å²) in [4.78, 5) is 13.8. The summed E-state index contributed by atoms with van der Waals surface area (Å²) in [6.07, 6.45) is 9.45. The lowest BCUT2D eigenvalue weighted by molar-refractivity contribution is -0.499. The first kappa shape index (κ1) is 21.1. The minimum atomic E-state index is -0.195. The van der Waals surface area contributed by atoms with Gasteiger partial charge in [0.25, 0.3) is 17.2 Å². The van der Waals surface area contributed by atoms with Crippen LogP contribution in [0, 0.1) is 0 Å². The molecule has 1 saturated carbocycles. The van der Waals surface area contributed by atoms with E-state index >= 15 is 0 Å². The molecule has 0 radical (unpaired) electrons. The van der Waals surface area contributed by atoms with Gasteiger partial charge in [0.05, 0.1) is 22.2 Å². The highest BCUT2D eigenvalue weighted by atomic mass is 15.4. The van der Waals surface area contributed by atoms with Crippen LogP contribution in [-0.4, -0.2) is 34.3 Å². The Kier molecular flexibility index (Phi) is 4.30. The van der Waals surface area contributed by atoms with Gasteiger partial charge >= 0.3 is 5.82 Å². The van der Waals surface area contributed by atoms with Crippen LogP contribution in [0.15, 0.2) is 97.6 Å². The summed E-state index contributed by atoms with van der Waals surface area (Å²) >= 11 is 0. The van der Waals surface area contributed by atoms with Crippen LogP contribution in [0.3, 0.4) is 0 Å². The Bertz CT molecular complexity index is 1950. The van der Waals surface area contributed by atoms with E-state index in [0.717, 1.165) is 51.8 Å². The Morgan fingerprint density at radius 2 is 1.71 bits per heavy atom. The molecule has 0 saturated heterocycles. The molecule has 7 aromatic rings. The van der Waals surface area contributed by atoms with Crippen LogP contribution in [-0.2, 0) is 5.54 Å². The van der Waals surface area contributed by atoms with Gasteiger partial charge in [-0.25, -0.2) is 9.50 Å². The van der Waals surface area contributed by atoms with E-state index in [2.05, 4.69) is 57.5 Å². The van der Waals surface area contributed by atoms with Crippen molar-refractivity contribution < 1.29 is 4.40 Å². The molecule has 5 heterocycles. The van der Waals surface area contributed by atoms with E-state index in [0.29, 0.717) is 17.4 Å². The monoisotopic (exact) mass is 496 g/mol. The second-order valence-electron chi connectivity index (χ2n) is 9.77. The van der Waals surface area contributed by atoms with Crippen molar-refractivity contribution in [2.75, 3.05) is 0 Å². The predicted molar refractivity (Wildman–Crippen MR) is 142 cm³/mol. The highest BCUT2D eigenvalue weighted by molar-refractivity contribution is 5.93. The first-order valence-electron chi connectivity index (χ1n) is 12.5. The van der Waals surface area contributed by atoms with Crippen LogP contribution in [0.1, 0.15) is 18.4 Å². The number of rotatable bonds is 4. The minimum Gasteiger partial charge on any atom is -0.321 e. The summed E-state index contributed by atoms with van der Waals surface area (Å²) in [6.45, 7) is 0. The first-order valence-corrected chi connectivity index (χ1v) is 12.5. The van der Waals surface area contributed by atoms with Crippen molar-refractivity contribution in [2.45, 2.75) is 18.4 Å². The third-order valence-corrected chi connectivity index (χ3v) is 7.29. The molecule has 1 fully saturated rings. The van der Waals surface area contributed by atoms with Crippen molar-refractivity contribution in [3.05, 3.63) is 103 Å². The molecule has 9 nitrogen and oxygen atoms in total. The maximum atomic E-state index is 6.45. The summed E-state index contributed by atoms with van der Waals surface area (Å²) in [5.74, 6) is 1.61. The Morgan fingerprint density at radius 3 is 2.50 bits per heavy atom. The summed E-state index contributed by atoms with van der Waals surface area (Å²) < 4.78 is 5.61. The minimum absolute atomic E-state index is 0.195. The molecular weight excluding hydrogens is 474 g/mol. The van der Waals surface area contributed by atoms with E-state index < -0.39 is 0 Å². The number of aromatic nitrogens is 8. The van der Waals surface area contributed by atoms with Gasteiger partial charge in [-0.05, 0) is 54.3 Å². The van der Waals surface area contributed by atoms with Crippen molar-refractivity contribution >= 4 is 22.3 Å². The molecule has 0 aliphatic heterocycles. The van der Waals surface area contributed by atoms with Crippen LogP contribution >= 0.6 is 0 Å². The number of hydrogen-bond acceptors (Lipinski definition) is 6. The Morgan fingerprint density at radius 1 is 0.868 bits per heavy atom. The molecule has 1 aliphatic rings. The normalized spacial score (nSPS) is 14.4. The molecule has 0 bridgehead atoms. The molecule has 2 aromatic carbocycles. The molecule has 0 spiro atoms. The van der Waals surface area contributed by atoms with E-state index in [1.807, 2.05) is 58.0 Å². The molecule has 9 heteroatoms. The molecular formula is C29H22N9+. The largest absolute Gasteiger partial charge is 0.353 e. The Labute approximate surface area is 216 Å². The van der Waals surface area contributed by atoms with Gasteiger partial charge in [-0.3, -0.25) is 4.98 Å². The van der Waals surface area contributed by atoms with Gasteiger partial charge in [0.1, 0.15) is 5.69 Å². The summed E-state index contributed by atoms with van der Waals surface area (Å²) in [5.41, 5.74) is 12.2. The highest BCUT2D eigenvalue weighted by Crippen LogP contribution is 2.42. The maximum absolute atomic E-state index is 6.45. The zero-order valence-electron chi connectivity index (χ0n) is 20.3. The molecule has 2 N–H and O–H groups in total. The third-order valence-electron chi connectivity index (χ3n) is 7.29. The number of fused-ring (bicyclic) bond motifs is 4.